The van der Waals surface area contributed by atoms with E-state index in [1.165, 1.54) is 4.90 Å². The molecule has 1 atom stereocenters. The number of hydrogen-bond acceptors (Lipinski definition) is 3. The van der Waals surface area contributed by atoms with Crippen molar-refractivity contribution in [2.24, 2.45) is 5.73 Å². The van der Waals surface area contributed by atoms with E-state index in [0.717, 1.165) is 5.52 Å². The fraction of sp³-hybridized carbons (Fsp3) is 0.381. The van der Waals surface area contributed by atoms with Gasteiger partial charge in [-0.1, -0.05) is 18.2 Å². The molecule has 1 saturated heterocycles. The molecular formula is C21H25FN4O3. The lowest BCUT2D eigenvalue weighted by atomic mass is 10.2. The van der Waals surface area contributed by atoms with Crippen LogP contribution in [0, 0.1) is 0 Å². The van der Waals surface area contributed by atoms with E-state index in [1.54, 1.807) is 36.7 Å². The normalized spacial score (nSPS) is 16.1. The molecule has 1 aliphatic rings. The summed E-state index contributed by atoms with van der Waals surface area (Å²) in [7, 11) is 0. The quantitative estimate of drug-likeness (QED) is 0.777. The second-order valence-corrected chi connectivity index (χ2v) is 7.42. The van der Waals surface area contributed by atoms with Crippen LogP contribution in [0.3, 0.4) is 0 Å². The van der Waals surface area contributed by atoms with Gasteiger partial charge in [-0.2, -0.15) is 0 Å². The molecule has 1 unspecified atom stereocenters. The highest BCUT2D eigenvalue weighted by molar-refractivity contribution is 6.06. The Morgan fingerprint density at radius 2 is 1.97 bits per heavy atom. The van der Waals surface area contributed by atoms with Gasteiger partial charge in [0.25, 0.3) is 5.91 Å². The standard InChI is InChI=1S/C21H25FN4O3/c1-13(2)16(22)10-24-21(29)18-8-5-9-26(18)19(27)12-25-11-15(20(23)28)14-6-3-4-7-17(14)25/h3-4,6-7,11,18H,5,8-10,12H2,1-2H3,(H2,23,28)(H,24,29). The van der Waals surface area contributed by atoms with Crippen LogP contribution in [0.25, 0.3) is 10.9 Å². The van der Waals surface area contributed by atoms with E-state index >= 15 is 0 Å². The maximum Gasteiger partial charge on any atom is 0.250 e. The predicted molar refractivity (Wildman–Crippen MR) is 108 cm³/mol. The molecule has 7 nitrogen and oxygen atoms in total. The van der Waals surface area contributed by atoms with Crippen molar-refractivity contribution >= 4 is 28.6 Å². The number of nitrogens with zero attached hydrogens (tertiary/aromatic N) is 2. The lowest BCUT2D eigenvalue weighted by molar-refractivity contribution is -0.138. The molecule has 29 heavy (non-hydrogen) atoms. The number of hydrogen-bond donors (Lipinski definition) is 2. The van der Waals surface area contributed by atoms with Gasteiger partial charge < -0.3 is 20.5 Å². The number of fused-ring (bicyclic) bond motifs is 1. The van der Waals surface area contributed by atoms with Gasteiger partial charge in [0.15, 0.2) is 0 Å². The largest absolute Gasteiger partial charge is 0.366 e. The van der Waals surface area contributed by atoms with Crippen molar-refractivity contribution in [3.63, 3.8) is 0 Å². The van der Waals surface area contributed by atoms with Crippen molar-refractivity contribution in [1.82, 2.24) is 14.8 Å². The van der Waals surface area contributed by atoms with E-state index in [4.69, 9.17) is 5.73 Å². The third kappa shape index (κ3) is 4.31. The maximum absolute atomic E-state index is 13.7. The topological polar surface area (TPSA) is 97.4 Å². The number of carbonyl (C=O) groups is 3. The van der Waals surface area contributed by atoms with Gasteiger partial charge in [-0.15, -0.1) is 0 Å². The first-order valence-electron chi connectivity index (χ1n) is 9.56. The highest BCUT2D eigenvalue weighted by atomic mass is 19.1. The molecule has 3 N–H and O–H groups in total. The van der Waals surface area contributed by atoms with Gasteiger partial charge in [0.05, 0.1) is 12.1 Å². The molecule has 0 radical (unpaired) electrons. The first kappa shape index (κ1) is 20.6. The van der Waals surface area contributed by atoms with Crippen molar-refractivity contribution < 1.29 is 18.8 Å². The van der Waals surface area contributed by atoms with Crippen LogP contribution in [-0.4, -0.2) is 46.3 Å². The van der Waals surface area contributed by atoms with Gasteiger partial charge in [0, 0.05) is 23.6 Å². The van der Waals surface area contributed by atoms with Gasteiger partial charge in [-0.3, -0.25) is 14.4 Å². The Bertz CT molecular complexity index is 991. The number of rotatable bonds is 6. The van der Waals surface area contributed by atoms with E-state index in [2.05, 4.69) is 5.32 Å². The van der Waals surface area contributed by atoms with Gasteiger partial charge in [-0.25, -0.2) is 4.39 Å². The summed E-state index contributed by atoms with van der Waals surface area (Å²) in [5.41, 5.74) is 7.03. The summed E-state index contributed by atoms with van der Waals surface area (Å²) in [4.78, 5) is 38.6. The van der Waals surface area contributed by atoms with Crippen molar-refractivity contribution in [3.05, 3.63) is 47.4 Å². The highest BCUT2D eigenvalue weighted by Crippen LogP contribution is 2.23. The van der Waals surface area contributed by atoms with Crippen LogP contribution in [0.2, 0.25) is 0 Å². The fourth-order valence-corrected chi connectivity index (χ4v) is 3.61. The second kappa shape index (κ2) is 8.46. The molecule has 1 fully saturated rings. The minimum absolute atomic E-state index is 0.0140. The van der Waals surface area contributed by atoms with Crippen LogP contribution in [0.1, 0.15) is 37.0 Å². The molecule has 1 aromatic heterocycles. The van der Waals surface area contributed by atoms with Crippen molar-refractivity contribution in [2.75, 3.05) is 13.1 Å². The summed E-state index contributed by atoms with van der Waals surface area (Å²) in [6.07, 6.45) is 2.81. The molecule has 1 aromatic carbocycles. The van der Waals surface area contributed by atoms with Crippen molar-refractivity contribution in [3.8, 4) is 0 Å². The first-order valence-corrected chi connectivity index (χ1v) is 9.56. The number of primary amides is 1. The number of para-hydroxylation sites is 1. The summed E-state index contributed by atoms with van der Waals surface area (Å²) in [6.45, 7) is 3.54. The number of benzene rings is 1. The van der Waals surface area contributed by atoms with Crippen LogP contribution < -0.4 is 11.1 Å². The summed E-state index contributed by atoms with van der Waals surface area (Å²) in [5, 5.41) is 3.25. The van der Waals surface area contributed by atoms with E-state index in [1.807, 2.05) is 12.1 Å². The minimum atomic E-state index is -0.620. The zero-order valence-corrected chi connectivity index (χ0v) is 16.6. The predicted octanol–water partition coefficient (Wildman–Crippen LogP) is 2.11. The van der Waals surface area contributed by atoms with E-state index in [9.17, 15) is 18.8 Å². The molecule has 3 rings (SSSR count). The van der Waals surface area contributed by atoms with Gasteiger partial charge in [0.1, 0.15) is 18.4 Å². The van der Waals surface area contributed by atoms with Crippen LogP contribution in [0.4, 0.5) is 4.39 Å². The summed E-state index contributed by atoms with van der Waals surface area (Å²) < 4.78 is 15.3. The monoisotopic (exact) mass is 400 g/mol. The van der Waals surface area contributed by atoms with E-state index in [-0.39, 0.29) is 30.7 Å². The number of nitrogens with one attached hydrogen (secondary N) is 1. The smallest absolute Gasteiger partial charge is 0.250 e. The Balaban J connectivity index is 1.75. The number of nitrogens with two attached hydrogens (primary N) is 1. The Labute approximate surface area is 168 Å². The molecule has 1 aliphatic heterocycles. The summed E-state index contributed by atoms with van der Waals surface area (Å²) >= 11 is 0. The molecule has 2 heterocycles. The first-order chi connectivity index (χ1) is 13.8. The average Bonchev–Trinajstić information content (AvgIpc) is 3.31. The van der Waals surface area contributed by atoms with E-state index in [0.29, 0.717) is 35.9 Å². The number of amides is 3. The maximum atomic E-state index is 13.7. The molecular weight excluding hydrogens is 375 g/mol. The number of aromatic nitrogens is 1. The molecule has 0 aliphatic carbocycles. The third-order valence-corrected chi connectivity index (χ3v) is 5.20. The highest BCUT2D eigenvalue weighted by Gasteiger charge is 2.34. The molecule has 0 spiro atoms. The Kier molecular flexibility index (Phi) is 6.00. The Hall–Kier alpha value is -3.16. The van der Waals surface area contributed by atoms with Crippen molar-refractivity contribution in [1.29, 1.82) is 0 Å². The second-order valence-electron chi connectivity index (χ2n) is 7.42. The van der Waals surface area contributed by atoms with Gasteiger partial charge in [0.2, 0.25) is 11.8 Å². The minimum Gasteiger partial charge on any atom is -0.366 e. The number of halogens is 1. The average molecular weight is 400 g/mol. The summed E-state index contributed by atoms with van der Waals surface area (Å²) in [5.74, 6) is -1.54. The number of allylic oxidation sites excluding steroid dienone is 1. The Morgan fingerprint density at radius 3 is 2.66 bits per heavy atom. The Morgan fingerprint density at radius 1 is 1.24 bits per heavy atom. The van der Waals surface area contributed by atoms with Crippen LogP contribution in [-0.2, 0) is 16.1 Å². The number of carbonyl (C=O) groups excluding carboxylic acids is 3. The van der Waals surface area contributed by atoms with E-state index < -0.39 is 11.9 Å². The molecule has 0 bridgehead atoms. The van der Waals surface area contributed by atoms with Gasteiger partial charge in [-0.05, 0) is 38.3 Å². The lowest BCUT2D eigenvalue weighted by Crippen LogP contribution is -2.47. The lowest BCUT2D eigenvalue weighted by Gasteiger charge is -2.24. The zero-order chi connectivity index (χ0) is 21.1. The van der Waals surface area contributed by atoms with Crippen LogP contribution in [0.5, 0.6) is 0 Å². The summed E-state index contributed by atoms with van der Waals surface area (Å²) in [6, 6.07) is 6.58. The fourth-order valence-electron chi connectivity index (χ4n) is 3.61. The molecule has 0 saturated carbocycles. The SMILES string of the molecule is CC(C)=C(F)CNC(=O)C1CCCN1C(=O)Cn1cc(C(N)=O)c2ccccc21. The van der Waals surface area contributed by atoms with Crippen LogP contribution in [0.15, 0.2) is 41.9 Å². The third-order valence-electron chi connectivity index (χ3n) is 5.20. The van der Waals surface area contributed by atoms with Crippen molar-refractivity contribution in [2.45, 2.75) is 39.3 Å². The molecule has 2 aromatic rings. The van der Waals surface area contributed by atoms with Crippen LogP contribution >= 0.6 is 0 Å². The van der Waals surface area contributed by atoms with Gasteiger partial charge >= 0.3 is 0 Å². The molecule has 154 valence electrons. The molecule has 3 amide bonds. The number of likely N-dealkylation sites (tertiary alicyclic amines) is 1. The zero-order valence-electron chi connectivity index (χ0n) is 16.6. The molecule has 8 heteroatoms.